The fourth-order valence-corrected chi connectivity index (χ4v) is 2.85. The normalized spacial score (nSPS) is 37.5. The quantitative estimate of drug-likeness (QED) is 0.732. The lowest BCUT2D eigenvalue weighted by molar-refractivity contribution is -0.00420. The zero-order valence-corrected chi connectivity index (χ0v) is 9.66. The van der Waals surface area contributed by atoms with Crippen LogP contribution in [0.1, 0.15) is 46.0 Å². The highest BCUT2D eigenvalue weighted by molar-refractivity contribution is 4.96. The van der Waals surface area contributed by atoms with Crippen molar-refractivity contribution < 1.29 is 5.11 Å². The molecule has 2 unspecified atom stereocenters. The van der Waals surface area contributed by atoms with Crippen molar-refractivity contribution in [2.24, 2.45) is 5.41 Å². The van der Waals surface area contributed by atoms with E-state index in [0.29, 0.717) is 11.5 Å². The number of rotatable bonds is 2. The molecule has 0 aromatic heterocycles. The predicted molar refractivity (Wildman–Crippen MR) is 58.2 cm³/mol. The summed E-state index contributed by atoms with van der Waals surface area (Å²) in [6.07, 6.45) is 5.78. The highest BCUT2D eigenvalue weighted by Gasteiger charge is 2.42. The molecule has 0 radical (unpaired) electrons. The van der Waals surface area contributed by atoms with Gasteiger partial charge in [0.15, 0.2) is 0 Å². The molecule has 0 aliphatic heterocycles. The molecule has 0 heterocycles. The van der Waals surface area contributed by atoms with Gasteiger partial charge in [-0.05, 0) is 44.6 Å². The van der Waals surface area contributed by atoms with Crippen LogP contribution >= 0.6 is 0 Å². The van der Waals surface area contributed by atoms with E-state index < -0.39 is 0 Å². The minimum Gasteiger partial charge on any atom is -0.393 e. The highest BCUT2D eigenvalue weighted by atomic mass is 16.3. The van der Waals surface area contributed by atoms with Gasteiger partial charge in [0.05, 0.1) is 6.10 Å². The van der Waals surface area contributed by atoms with Gasteiger partial charge in [-0.1, -0.05) is 13.8 Å². The minimum absolute atomic E-state index is 0.0609. The van der Waals surface area contributed by atoms with Crippen molar-refractivity contribution in [2.45, 2.75) is 64.1 Å². The van der Waals surface area contributed by atoms with Crippen molar-refractivity contribution in [3.8, 4) is 0 Å². The Labute approximate surface area is 87.3 Å². The second-order valence-corrected chi connectivity index (χ2v) is 5.83. The Bertz CT molecular complexity index is 210. The van der Waals surface area contributed by atoms with Gasteiger partial charge in [0.25, 0.3) is 0 Å². The monoisotopic (exact) mass is 197 g/mol. The number of hydrogen-bond acceptors (Lipinski definition) is 2. The molecule has 2 atom stereocenters. The number of aliphatic hydroxyl groups excluding tert-OH is 1. The van der Waals surface area contributed by atoms with Gasteiger partial charge < -0.3 is 5.11 Å². The second kappa shape index (κ2) is 3.49. The molecule has 2 fully saturated rings. The van der Waals surface area contributed by atoms with Crippen LogP contribution < -0.4 is 0 Å². The van der Waals surface area contributed by atoms with Crippen LogP contribution in [0.5, 0.6) is 0 Å². The van der Waals surface area contributed by atoms with Gasteiger partial charge in [0, 0.05) is 12.1 Å². The van der Waals surface area contributed by atoms with Gasteiger partial charge in [0.1, 0.15) is 0 Å². The zero-order chi connectivity index (χ0) is 10.3. The first-order valence-corrected chi connectivity index (χ1v) is 5.91. The van der Waals surface area contributed by atoms with Crippen molar-refractivity contribution in [1.82, 2.24) is 4.90 Å². The highest BCUT2D eigenvalue weighted by Crippen LogP contribution is 2.41. The van der Waals surface area contributed by atoms with Crippen molar-refractivity contribution >= 4 is 0 Å². The van der Waals surface area contributed by atoms with Gasteiger partial charge in [-0.2, -0.15) is 0 Å². The van der Waals surface area contributed by atoms with Crippen molar-refractivity contribution in [3.63, 3.8) is 0 Å². The van der Waals surface area contributed by atoms with E-state index in [-0.39, 0.29) is 6.10 Å². The van der Waals surface area contributed by atoms with Crippen LogP contribution in [0, 0.1) is 5.41 Å². The Kier molecular flexibility index (Phi) is 2.61. The van der Waals surface area contributed by atoms with E-state index in [1.54, 1.807) is 0 Å². The third kappa shape index (κ3) is 1.96. The standard InChI is InChI=1S/C12H23NO/c1-12(2)7-6-10(14)8-11(12)13(3)9-4-5-9/h9-11,14H,4-8H2,1-3H3. The first-order chi connectivity index (χ1) is 6.50. The van der Waals surface area contributed by atoms with Gasteiger partial charge >= 0.3 is 0 Å². The summed E-state index contributed by atoms with van der Waals surface area (Å²) in [5.41, 5.74) is 0.385. The lowest BCUT2D eigenvalue weighted by Gasteiger charge is -2.45. The Morgan fingerprint density at radius 2 is 1.86 bits per heavy atom. The molecule has 0 bridgehead atoms. The summed E-state index contributed by atoms with van der Waals surface area (Å²) in [6.45, 7) is 4.70. The van der Waals surface area contributed by atoms with E-state index >= 15 is 0 Å². The molecular formula is C12H23NO. The maximum Gasteiger partial charge on any atom is 0.0555 e. The molecule has 2 heteroatoms. The summed E-state index contributed by atoms with van der Waals surface area (Å²) in [6, 6.07) is 1.39. The third-order valence-electron chi connectivity index (χ3n) is 4.13. The maximum absolute atomic E-state index is 9.74. The summed E-state index contributed by atoms with van der Waals surface area (Å²) in [5.74, 6) is 0. The average Bonchev–Trinajstić information content (AvgIpc) is 2.91. The first kappa shape index (κ1) is 10.4. The zero-order valence-electron chi connectivity index (χ0n) is 9.66. The van der Waals surface area contributed by atoms with Gasteiger partial charge in [-0.25, -0.2) is 0 Å². The van der Waals surface area contributed by atoms with E-state index in [1.165, 1.54) is 12.8 Å². The molecule has 2 nitrogen and oxygen atoms in total. The van der Waals surface area contributed by atoms with Crippen LogP contribution in [0.2, 0.25) is 0 Å². The van der Waals surface area contributed by atoms with Crippen LogP contribution in [0.15, 0.2) is 0 Å². The van der Waals surface area contributed by atoms with Crippen LogP contribution in [0.3, 0.4) is 0 Å². The Hall–Kier alpha value is -0.0800. The van der Waals surface area contributed by atoms with E-state index in [1.807, 2.05) is 0 Å². The summed E-state index contributed by atoms with van der Waals surface area (Å²) in [4.78, 5) is 2.52. The Balaban J connectivity index is 2.04. The minimum atomic E-state index is -0.0609. The van der Waals surface area contributed by atoms with E-state index in [0.717, 1.165) is 25.3 Å². The fourth-order valence-electron chi connectivity index (χ4n) is 2.85. The molecule has 0 spiro atoms. The van der Waals surface area contributed by atoms with Gasteiger partial charge in [-0.3, -0.25) is 4.90 Å². The molecule has 0 aromatic carbocycles. The van der Waals surface area contributed by atoms with Crippen molar-refractivity contribution in [3.05, 3.63) is 0 Å². The van der Waals surface area contributed by atoms with Gasteiger partial charge in [-0.15, -0.1) is 0 Å². The number of aliphatic hydroxyl groups is 1. The Morgan fingerprint density at radius 3 is 2.43 bits per heavy atom. The first-order valence-electron chi connectivity index (χ1n) is 5.91. The maximum atomic E-state index is 9.74. The second-order valence-electron chi connectivity index (χ2n) is 5.83. The summed E-state index contributed by atoms with van der Waals surface area (Å²) in [7, 11) is 2.24. The fraction of sp³-hybridized carbons (Fsp3) is 1.00. The molecular weight excluding hydrogens is 174 g/mol. The summed E-state index contributed by atoms with van der Waals surface area (Å²) >= 11 is 0. The van der Waals surface area contributed by atoms with E-state index in [4.69, 9.17) is 0 Å². The molecule has 2 rings (SSSR count). The molecule has 82 valence electrons. The molecule has 2 saturated carbocycles. The largest absolute Gasteiger partial charge is 0.393 e. The smallest absolute Gasteiger partial charge is 0.0555 e. The number of nitrogens with zero attached hydrogens (tertiary/aromatic N) is 1. The van der Waals surface area contributed by atoms with Crippen molar-refractivity contribution in [2.75, 3.05) is 7.05 Å². The van der Waals surface area contributed by atoms with Crippen LogP contribution in [-0.2, 0) is 0 Å². The molecule has 1 N–H and O–H groups in total. The van der Waals surface area contributed by atoms with Crippen LogP contribution in [0.25, 0.3) is 0 Å². The average molecular weight is 197 g/mol. The Morgan fingerprint density at radius 1 is 1.21 bits per heavy atom. The van der Waals surface area contributed by atoms with Crippen molar-refractivity contribution in [1.29, 1.82) is 0 Å². The molecule has 2 aliphatic carbocycles. The lowest BCUT2D eigenvalue weighted by atomic mass is 9.71. The SMILES string of the molecule is CN(C1CC1)C1CC(O)CCC1(C)C. The molecule has 0 aromatic rings. The van der Waals surface area contributed by atoms with Crippen LogP contribution in [0.4, 0.5) is 0 Å². The topological polar surface area (TPSA) is 23.5 Å². The molecule has 2 aliphatic rings. The summed E-state index contributed by atoms with van der Waals surface area (Å²) in [5, 5.41) is 9.74. The molecule has 0 amide bonds. The molecule has 14 heavy (non-hydrogen) atoms. The van der Waals surface area contributed by atoms with E-state index in [9.17, 15) is 5.11 Å². The third-order valence-corrected chi connectivity index (χ3v) is 4.13. The summed E-state index contributed by atoms with van der Waals surface area (Å²) < 4.78 is 0. The van der Waals surface area contributed by atoms with Crippen LogP contribution in [-0.4, -0.2) is 35.2 Å². The number of hydrogen-bond donors (Lipinski definition) is 1. The lowest BCUT2D eigenvalue weighted by Crippen LogP contribution is -2.49. The molecule has 0 saturated heterocycles. The van der Waals surface area contributed by atoms with Gasteiger partial charge in [0.2, 0.25) is 0 Å². The predicted octanol–water partition coefficient (Wildman–Crippen LogP) is 2.02. The van der Waals surface area contributed by atoms with E-state index in [2.05, 4.69) is 25.8 Å².